The maximum atomic E-state index is 13.0. The van der Waals surface area contributed by atoms with Gasteiger partial charge in [0.2, 0.25) is 0 Å². The van der Waals surface area contributed by atoms with Crippen LogP contribution >= 0.6 is 0 Å². The molecule has 1 aromatic carbocycles. The van der Waals surface area contributed by atoms with E-state index in [1.165, 1.54) is 24.1 Å². The highest BCUT2D eigenvalue weighted by molar-refractivity contribution is 5.71. The lowest BCUT2D eigenvalue weighted by molar-refractivity contribution is -0.155. The number of rotatable bonds is 9. The van der Waals surface area contributed by atoms with Gasteiger partial charge in [-0.15, -0.1) is 0 Å². The lowest BCUT2D eigenvalue weighted by atomic mass is 9.94. The molecule has 2 aromatic heterocycles. The summed E-state index contributed by atoms with van der Waals surface area (Å²) in [6.07, 6.45) is 6.03. The number of pyridine rings is 1. The number of aromatic nitrogens is 3. The second kappa shape index (κ2) is 12.1. The highest BCUT2D eigenvalue weighted by atomic mass is 16.6. The molecule has 40 heavy (non-hydrogen) atoms. The van der Waals surface area contributed by atoms with Crippen molar-refractivity contribution < 1.29 is 9.53 Å². The molecule has 0 aliphatic carbocycles. The molecule has 214 valence electrons. The lowest BCUT2D eigenvalue weighted by Gasteiger charge is -2.26. The third-order valence-electron chi connectivity index (χ3n) is 8.04. The molecule has 5 rings (SSSR count). The summed E-state index contributed by atoms with van der Waals surface area (Å²) in [6, 6.07) is 15.1. The molecule has 0 bridgehead atoms. The van der Waals surface area contributed by atoms with Crippen LogP contribution < -0.4 is 5.32 Å². The van der Waals surface area contributed by atoms with Crippen LogP contribution in [0.25, 0.3) is 5.69 Å². The average Bonchev–Trinajstić information content (AvgIpc) is 3.50. The Hall–Kier alpha value is -3.19. The van der Waals surface area contributed by atoms with Crippen LogP contribution in [0.15, 0.2) is 42.5 Å². The van der Waals surface area contributed by atoms with Crippen molar-refractivity contribution >= 4 is 11.8 Å². The third kappa shape index (κ3) is 7.30. The molecular formula is C33H45N5O2. The molecule has 0 amide bonds. The van der Waals surface area contributed by atoms with Crippen molar-refractivity contribution in [2.75, 3.05) is 31.5 Å². The lowest BCUT2D eigenvalue weighted by Crippen LogP contribution is -2.30. The van der Waals surface area contributed by atoms with Gasteiger partial charge in [-0.25, -0.2) is 9.67 Å². The van der Waals surface area contributed by atoms with Crippen LogP contribution in [0.3, 0.4) is 0 Å². The summed E-state index contributed by atoms with van der Waals surface area (Å²) in [4.78, 5) is 20.4. The van der Waals surface area contributed by atoms with E-state index in [4.69, 9.17) is 9.72 Å². The Morgan fingerprint density at radius 1 is 1.18 bits per heavy atom. The minimum absolute atomic E-state index is 0.0545. The van der Waals surface area contributed by atoms with Gasteiger partial charge in [0, 0.05) is 36.9 Å². The Labute approximate surface area is 239 Å². The molecule has 0 saturated carbocycles. The van der Waals surface area contributed by atoms with Gasteiger partial charge < -0.3 is 15.0 Å². The van der Waals surface area contributed by atoms with Gasteiger partial charge in [0.25, 0.3) is 0 Å². The van der Waals surface area contributed by atoms with E-state index in [9.17, 15) is 4.79 Å². The molecular weight excluding hydrogens is 498 g/mol. The third-order valence-corrected chi connectivity index (χ3v) is 8.04. The average molecular weight is 544 g/mol. The SMILES string of the molecule is Cc1cc(C)n(-c2cccc(C(CC(=O)OC(C)(C)C)CN3CCC(CCc4ccc5c(n4)NCCC5)C3)c2)n1. The summed E-state index contributed by atoms with van der Waals surface area (Å²) in [7, 11) is 0. The van der Waals surface area contributed by atoms with Gasteiger partial charge in [0.1, 0.15) is 11.4 Å². The summed E-state index contributed by atoms with van der Waals surface area (Å²) in [5.41, 5.74) is 6.33. The maximum absolute atomic E-state index is 13.0. The number of hydrogen-bond donors (Lipinski definition) is 1. The molecule has 2 aliphatic rings. The van der Waals surface area contributed by atoms with Crippen LogP contribution in [0.5, 0.6) is 0 Å². The Balaban J connectivity index is 1.25. The minimum atomic E-state index is -0.494. The van der Waals surface area contributed by atoms with E-state index in [2.05, 4.69) is 64.7 Å². The summed E-state index contributed by atoms with van der Waals surface area (Å²) in [5, 5.41) is 8.14. The highest BCUT2D eigenvalue weighted by Crippen LogP contribution is 2.30. The van der Waals surface area contributed by atoms with Crippen LogP contribution in [-0.4, -0.2) is 57.4 Å². The van der Waals surface area contributed by atoms with Gasteiger partial charge in [0.05, 0.1) is 17.8 Å². The van der Waals surface area contributed by atoms with E-state index < -0.39 is 5.60 Å². The number of carbonyl (C=O) groups is 1. The largest absolute Gasteiger partial charge is 0.460 e. The molecule has 4 heterocycles. The number of fused-ring (bicyclic) bond motifs is 1. The van der Waals surface area contributed by atoms with Crippen molar-refractivity contribution in [1.29, 1.82) is 0 Å². The Morgan fingerprint density at radius 3 is 2.80 bits per heavy atom. The first-order valence-electron chi connectivity index (χ1n) is 14.9. The van der Waals surface area contributed by atoms with Crippen molar-refractivity contribution in [3.8, 4) is 5.69 Å². The fourth-order valence-electron chi connectivity index (χ4n) is 6.16. The van der Waals surface area contributed by atoms with E-state index in [0.717, 1.165) is 73.9 Å². The number of esters is 1. The van der Waals surface area contributed by atoms with Gasteiger partial charge in [-0.05, 0) is 115 Å². The van der Waals surface area contributed by atoms with E-state index in [1.807, 2.05) is 32.4 Å². The Bertz CT molecular complexity index is 1320. The Kier molecular flexibility index (Phi) is 8.60. The molecule has 2 atom stereocenters. The number of carbonyl (C=O) groups excluding carboxylic acids is 1. The zero-order chi connectivity index (χ0) is 28.3. The second-order valence-corrected chi connectivity index (χ2v) is 12.7. The Morgan fingerprint density at radius 2 is 2.02 bits per heavy atom. The first kappa shape index (κ1) is 28.3. The first-order valence-corrected chi connectivity index (χ1v) is 14.9. The molecule has 0 radical (unpaired) electrons. The van der Waals surface area contributed by atoms with Crippen molar-refractivity contribution in [1.82, 2.24) is 19.7 Å². The van der Waals surface area contributed by atoms with Crippen molar-refractivity contribution in [3.63, 3.8) is 0 Å². The molecule has 7 heteroatoms. The topological polar surface area (TPSA) is 72.3 Å². The quantitative estimate of drug-likeness (QED) is 0.333. The van der Waals surface area contributed by atoms with Crippen molar-refractivity contribution in [2.24, 2.45) is 5.92 Å². The van der Waals surface area contributed by atoms with Gasteiger partial charge in [-0.2, -0.15) is 5.10 Å². The monoisotopic (exact) mass is 543 g/mol. The predicted molar refractivity (Wildman–Crippen MR) is 160 cm³/mol. The number of ether oxygens (including phenoxy) is 1. The van der Waals surface area contributed by atoms with Crippen LogP contribution in [0, 0.1) is 19.8 Å². The zero-order valence-electron chi connectivity index (χ0n) is 24.9. The smallest absolute Gasteiger partial charge is 0.306 e. The standard InChI is InChI=1S/C33H45N5O2/c1-23-18-24(2)38(36-23)30-10-6-8-27(19-30)28(20-31(39)40-33(3,4)5)22-37-17-15-25(21-37)11-13-29-14-12-26-9-7-16-34-32(26)35-29/h6,8,10,12,14,18-19,25,28H,7,9,11,13,15-17,20-22H2,1-5H3,(H,34,35). The molecule has 0 spiro atoms. The number of aryl methyl sites for hydroxylation is 4. The van der Waals surface area contributed by atoms with Crippen LogP contribution in [0.4, 0.5) is 5.82 Å². The molecule has 3 aromatic rings. The van der Waals surface area contributed by atoms with Gasteiger partial charge >= 0.3 is 5.97 Å². The fourth-order valence-corrected chi connectivity index (χ4v) is 6.16. The summed E-state index contributed by atoms with van der Waals surface area (Å²) < 4.78 is 7.74. The van der Waals surface area contributed by atoms with Gasteiger partial charge in [0.15, 0.2) is 0 Å². The normalized spacial score (nSPS) is 18.3. The molecule has 7 nitrogen and oxygen atoms in total. The highest BCUT2D eigenvalue weighted by Gasteiger charge is 2.28. The van der Waals surface area contributed by atoms with Gasteiger partial charge in [-0.3, -0.25) is 4.79 Å². The fraction of sp³-hybridized carbons (Fsp3) is 0.545. The van der Waals surface area contributed by atoms with Crippen LogP contribution in [0.2, 0.25) is 0 Å². The molecule has 1 N–H and O–H groups in total. The van der Waals surface area contributed by atoms with E-state index in [-0.39, 0.29) is 11.9 Å². The summed E-state index contributed by atoms with van der Waals surface area (Å²) >= 11 is 0. The molecule has 2 aliphatic heterocycles. The first-order chi connectivity index (χ1) is 19.1. The minimum Gasteiger partial charge on any atom is -0.460 e. The van der Waals surface area contributed by atoms with Crippen molar-refractivity contribution in [3.05, 3.63) is 70.7 Å². The van der Waals surface area contributed by atoms with E-state index >= 15 is 0 Å². The number of hydrogen-bond acceptors (Lipinski definition) is 6. The number of benzene rings is 1. The predicted octanol–water partition coefficient (Wildman–Crippen LogP) is 6.01. The number of nitrogens with zero attached hydrogens (tertiary/aromatic N) is 4. The second-order valence-electron chi connectivity index (χ2n) is 12.7. The summed E-state index contributed by atoms with van der Waals surface area (Å²) in [5.74, 6) is 1.65. The molecule has 1 fully saturated rings. The van der Waals surface area contributed by atoms with Gasteiger partial charge in [-0.1, -0.05) is 18.2 Å². The molecule has 2 unspecified atom stereocenters. The van der Waals surface area contributed by atoms with Crippen LogP contribution in [0.1, 0.15) is 80.6 Å². The summed E-state index contributed by atoms with van der Waals surface area (Å²) in [6.45, 7) is 13.9. The molecule has 1 saturated heterocycles. The zero-order valence-corrected chi connectivity index (χ0v) is 24.9. The van der Waals surface area contributed by atoms with E-state index in [0.29, 0.717) is 12.3 Å². The van der Waals surface area contributed by atoms with Crippen LogP contribution in [-0.2, 0) is 22.4 Å². The number of likely N-dealkylation sites (tertiary alicyclic amines) is 1. The maximum Gasteiger partial charge on any atom is 0.306 e. The number of nitrogens with one attached hydrogen (secondary N) is 1. The number of anilines is 1. The van der Waals surface area contributed by atoms with Crippen molar-refractivity contribution in [2.45, 2.75) is 84.7 Å². The van der Waals surface area contributed by atoms with E-state index in [1.54, 1.807) is 0 Å².